The summed E-state index contributed by atoms with van der Waals surface area (Å²) in [5.74, 6) is -3.30. The standard InChI is InChI=1S/C11H12O5S/c12-5-8(11(16)17-6-10(14)15)7-3-1-2-4-9(7)13/h1-4,7-8,12H,5-6H2,(H,14,15). The molecule has 0 aromatic carbocycles. The molecule has 0 saturated carbocycles. The van der Waals surface area contributed by atoms with Crippen LogP contribution in [-0.4, -0.2) is 39.4 Å². The first-order valence-corrected chi connectivity index (χ1v) is 5.93. The van der Waals surface area contributed by atoms with Gasteiger partial charge in [-0.15, -0.1) is 0 Å². The van der Waals surface area contributed by atoms with Crippen LogP contribution in [0.3, 0.4) is 0 Å². The van der Waals surface area contributed by atoms with Crippen molar-refractivity contribution >= 4 is 28.6 Å². The van der Waals surface area contributed by atoms with Gasteiger partial charge in [-0.05, 0) is 6.08 Å². The van der Waals surface area contributed by atoms with Gasteiger partial charge in [0.15, 0.2) is 10.9 Å². The monoisotopic (exact) mass is 256 g/mol. The molecule has 1 aliphatic rings. The average molecular weight is 256 g/mol. The molecule has 6 heteroatoms. The second kappa shape index (κ2) is 6.36. The van der Waals surface area contributed by atoms with Gasteiger partial charge >= 0.3 is 5.97 Å². The Hall–Kier alpha value is -1.40. The van der Waals surface area contributed by atoms with Crippen LogP contribution < -0.4 is 0 Å². The lowest BCUT2D eigenvalue weighted by molar-refractivity contribution is -0.134. The maximum absolute atomic E-state index is 11.7. The zero-order valence-corrected chi connectivity index (χ0v) is 9.72. The van der Waals surface area contributed by atoms with Crippen molar-refractivity contribution < 1.29 is 24.6 Å². The smallest absolute Gasteiger partial charge is 0.313 e. The molecule has 2 atom stereocenters. The van der Waals surface area contributed by atoms with Crippen molar-refractivity contribution in [2.75, 3.05) is 12.4 Å². The Balaban J connectivity index is 2.67. The number of aliphatic carboxylic acids is 1. The van der Waals surface area contributed by atoms with Gasteiger partial charge in [-0.2, -0.15) is 0 Å². The van der Waals surface area contributed by atoms with Crippen LogP contribution in [0.25, 0.3) is 0 Å². The first-order valence-electron chi connectivity index (χ1n) is 4.94. The van der Waals surface area contributed by atoms with E-state index in [9.17, 15) is 14.4 Å². The van der Waals surface area contributed by atoms with E-state index in [1.165, 1.54) is 6.08 Å². The summed E-state index contributed by atoms with van der Waals surface area (Å²) in [5, 5.41) is 17.1. The lowest BCUT2D eigenvalue weighted by atomic mass is 9.87. The molecule has 2 unspecified atom stereocenters. The van der Waals surface area contributed by atoms with Crippen LogP contribution in [0.1, 0.15) is 0 Å². The Labute approximate surface area is 102 Å². The summed E-state index contributed by atoms with van der Waals surface area (Å²) in [7, 11) is 0. The third-order valence-corrected chi connectivity index (χ3v) is 3.27. The number of carbonyl (C=O) groups excluding carboxylic acids is 2. The second-order valence-electron chi connectivity index (χ2n) is 3.46. The molecule has 0 bridgehead atoms. The van der Waals surface area contributed by atoms with E-state index in [-0.39, 0.29) is 11.5 Å². The SMILES string of the molecule is O=C(O)CSC(=O)C(CO)C1C=CC=CC1=O. The van der Waals surface area contributed by atoms with E-state index in [2.05, 4.69) is 0 Å². The molecule has 0 heterocycles. The molecule has 0 aliphatic heterocycles. The van der Waals surface area contributed by atoms with Gasteiger partial charge in [0.05, 0.1) is 24.2 Å². The zero-order valence-electron chi connectivity index (χ0n) is 8.91. The third-order valence-electron chi connectivity index (χ3n) is 2.29. The first-order chi connectivity index (χ1) is 8.06. The molecule has 0 amide bonds. The van der Waals surface area contributed by atoms with Crippen molar-refractivity contribution in [3.8, 4) is 0 Å². The fourth-order valence-corrected chi connectivity index (χ4v) is 2.15. The van der Waals surface area contributed by atoms with Gasteiger partial charge < -0.3 is 10.2 Å². The highest BCUT2D eigenvalue weighted by Gasteiger charge is 2.31. The molecule has 1 aliphatic carbocycles. The number of aliphatic hydroxyl groups is 1. The van der Waals surface area contributed by atoms with E-state index < -0.39 is 29.5 Å². The highest BCUT2D eigenvalue weighted by molar-refractivity contribution is 8.14. The normalized spacial score (nSPS) is 20.3. The maximum Gasteiger partial charge on any atom is 0.313 e. The fourth-order valence-electron chi connectivity index (χ4n) is 1.45. The molecule has 5 nitrogen and oxygen atoms in total. The number of aliphatic hydroxyl groups excluding tert-OH is 1. The molecule has 2 N–H and O–H groups in total. The second-order valence-corrected chi connectivity index (χ2v) is 4.44. The minimum absolute atomic E-state index is 0.254. The molecule has 0 fully saturated rings. The van der Waals surface area contributed by atoms with Gasteiger partial charge in [0.1, 0.15) is 0 Å². The summed E-state index contributed by atoms with van der Waals surface area (Å²) in [6.45, 7) is -0.472. The molecular formula is C11H12O5S. The maximum atomic E-state index is 11.7. The van der Waals surface area contributed by atoms with Crippen LogP contribution in [0, 0.1) is 11.8 Å². The van der Waals surface area contributed by atoms with E-state index in [4.69, 9.17) is 10.2 Å². The zero-order chi connectivity index (χ0) is 12.8. The van der Waals surface area contributed by atoms with E-state index in [1.54, 1.807) is 18.2 Å². The molecule has 92 valence electrons. The van der Waals surface area contributed by atoms with E-state index >= 15 is 0 Å². The molecule has 0 spiro atoms. The quantitative estimate of drug-likeness (QED) is 0.732. The lowest BCUT2D eigenvalue weighted by Gasteiger charge is -2.20. The van der Waals surface area contributed by atoms with E-state index in [0.29, 0.717) is 11.8 Å². The minimum Gasteiger partial charge on any atom is -0.481 e. The summed E-state index contributed by atoms with van der Waals surface area (Å²) < 4.78 is 0. The lowest BCUT2D eigenvalue weighted by Crippen LogP contribution is -2.30. The van der Waals surface area contributed by atoms with Crippen LogP contribution in [0.2, 0.25) is 0 Å². The third kappa shape index (κ3) is 3.83. The number of allylic oxidation sites excluding steroid dienone is 4. The minimum atomic E-state index is -1.11. The van der Waals surface area contributed by atoms with Crippen molar-refractivity contribution in [3.63, 3.8) is 0 Å². The number of thioether (sulfide) groups is 1. The average Bonchev–Trinajstić information content (AvgIpc) is 2.30. The summed E-state index contributed by atoms with van der Waals surface area (Å²) >= 11 is 0.604. The summed E-state index contributed by atoms with van der Waals surface area (Å²) in [5.41, 5.74) is 0. The van der Waals surface area contributed by atoms with Crippen LogP contribution in [-0.2, 0) is 14.4 Å². The van der Waals surface area contributed by atoms with Crippen LogP contribution in [0.5, 0.6) is 0 Å². The fraction of sp³-hybridized carbons (Fsp3) is 0.364. The molecule has 1 rings (SSSR count). The molecule has 0 radical (unpaired) electrons. The van der Waals surface area contributed by atoms with Gasteiger partial charge in [0.2, 0.25) is 0 Å². The number of hydrogen-bond donors (Lipinski definition) is 2. The van der Waals surface area contributed by atoms with Crippen LogP contribution in [0.15, 0.2) is 24.3 Å². The van der Waals surface area contributed by atoms with E-state index in [1.807, 2.05) is 0 Å². The molecule has 0 aromatic rings. The molecule has 0 saturated heterocycles. The Bertz CT molecular complexity index is 385. The Morgan fingerprint density at radius 3 is 2.65 bits per heavy atom. The predicted octanol–water partition coefficient (Wildman–Crippen LogP) is 0.251. The van der Waals surface area contributed by atoms with Gasteiger partial charge in [-0.3, -0.25) is 14.4 Å². The number of ketones is 1. The highest BCUT2D eigenvalue weighted by atomic mass is 32.2. The van der Waals surface area contributed by atoms with Gasteiger partial charge in [0, 0.05) is 0 Å². The molecule has 17 heavy (non-hydrogen) atoms. The first kappa shape index (κ1) is 13.7. The number of carboxylic acids is 1. The Kier molecular flexibility index (Phi) is 5.11. The topological polar surface area (TPSA) is 91.7 Å². The largest absolute Gasteiger partial charge is 0.481 e. The van der Waals surface area contributed by atoms with Crippen molar-refractivity contribution in [1.82, 2.24) is 0 Å². The number of carbonyl (C=O) groups is 3. The number of carboxylic acid groups (broad SMARTS) is 1. The molecule has 0 aromatic heterocycles. The highest BCUT2D eigenvalue weighted by Crippen LogP contribution is 2.23. The molecular weight excluding hydrogens is 244 g/mol. The summed E-state index contributed by atoms with van der Waals surface area (Å²) in [4.78, 5) is 33.5. The Morgan fingerprint density at radius 2 is 2.12 bits per heavy atom. The van der Waals surface area contributed by atoms with Crippen LogP contribution in [0.4, 0.5) is 0 Å². The van der Waals surface area contributed by atoms with Crippen molar-refractivity contribution in [3.05, 3.63) is 24.3 Å². The summed E-state index contributed by atoms with van der Waals surface area (Å²) in [6.07, 6.45) is 6.07. The predicted molar refractivity (Wildman–Crippen MR) is 62.5 cm³/mol. The number of rotatable bonds is 5. The van der Waals surface area contributed by atoms with Gasteiger partial charge in [-0.25, -0.2) is 0 Å². The van der Waals surface area contributed by atoms with Gasteiger partial charge in [0.25, 0.3) is 0 Å². The van der Waals surface area contributed by atoms with Crippen molar-refractivity contribution in [2.24, 2.45) is 11.8 Å². The van der Waals surface area contributed by atoms with E-state index in [0.717, 1.165) is 0 Å². The summed E-state index contributed by atoms with van der Waals surface area (Å²) in [6, 6.07) is 0. The number of hydrogen-bond acceptors (Lipinski definition) is 5. The van der Waals surface area contributed by atoms with Gasteiger partial charge in [-0.1, -0.05) is 30.0 Å². The van der Waals surface area contributed by atoms with Crippen molar-refractivity contribution in [1.29, 1.82) is 0 Å². The van der Waals surface area contributed by atoms with Crippen LogP contribution >= 0.6 is 11.8 Å². The Morgan fingerprint density at radius 1 is 1.41 bits per heavy atom. The van der Waals surface area contributed by atoms with Crippen molar-refractivity contribution in [2.45, 2.75) is 0 Å².